The van der Waals surface area contributed by atoms with Crippen molar-refractivity contribution in [1.29, 1.82) is 10.5 Å². The number of nitrogens with one attached hydrogen (secondary N) is 2. The van der Waals surface area contributed by atoms with Crippen LogP contribution in [0.1, 0.15) is 73.6 Å². The molecule has 1 aliphatic rings. The Balaban J connectivity index is 1.49. The molecule has 0 bridgehead atoms. The molecule has 0 unspecified atom stereocenters. The van der Waals surface area contributed by atoms with Crippen molar-refractivity contribution < 1.29 is 5.76 Å². The Labute approximate surface area is 238 Å². The number of nitrogens with zero attached hydrogens (tertiary/aromatic N) is 6. The third-order valence-corrected chi connectivity index (χ3v) is 7.23. The number of pyridine rings is 1. The molecule has 1 fully saturated rings. The number of nitriles is 2. The molecule has 41 heavy (non-hydrogen) atoms. The van der Waals surface area contributed by atoms with Gasteiger partial charge < -0.3 is 10.6 Å². The first kappa shape index (κ1) is 24.7. The minimum atomic E-state index is -1.66. The molecule has 9 heteroatoms. The second kappa shape index (κ2) is 11.1. The summed E-state index contributed by atoms with van der Waals surface area (Å²) in [7, 11) is 0. The third-order valence-electron chi connectivity index (χ3n) is 7.23. The Hall–Kier alpha value is -5.28. The molecule has 0 spiro atoms. The molecule has 202 valence electrons. The van der Waals surface area contributed by atoms with Crippen molar-refractivity contribution in [3.8, 4) is 12.1 Å². The van der Waals surface area contributed by atoms with E-state index in [0.29, 0.717) is 39.1 Å². The van der Waals surface area contributed by atoms with E-state index in [1.54, 1.807) is 23.0 Å². The van der Waals surface area contributed by atoms with Crippen molar-refractivity contribution >= 4 is 22.3 Å². The average molecular weight is 544 g/mol. The number of rotatable bonds is 9. The zero-order valence-electron chi connectivity index (χ0n) is 23.3. The highest BCUT2D eigenvalue weighted by molar-refractivity contribution is 5.99. The molecule has 1 aliphatic carbocycles. The maximum absolute atomic E-state index is 13.9. The van der Waals surface area contributed by atoms with Crippen LogP contribution >= 0.6 is 0 Å². The van der Waals surface area contributed by atoms with Gasteiger partial charge in [-0.1, -0.05) is 54.6 Å². The van der Waals surface area contributed by atoms with Crippen molar-refractivity contribution in [3.05, 3.63) is 113 Å². The highest BCUT2D eigenvalue weighted by Gasteiger charge is 2.27. The summed E-state index contributed by atoms with van der Waals surface area (Å²) in [5.41, 5.74) is 3.87. The SMILES string of the molecule is [2H][C@@](Nc1cc(C#N)c2ncc(C#N)c(N[C@H](CC)c3ccccc3)c2c1)(c1ccc(F)cc1)c1cn(C2CC2)nn1. The van der Waals surface area contributed by atoms with Crippen LogP contribution in [0.4, 0.5) is 15.8 Å². The molecule has 2 heterocycles. The third kappa shape index (κ3) is 5.30. The fourth-order valence-electron chi connectivity index (χ4n) is 4.94. The second-order valence-electron chi connectivity index (χ2n) is 10.0. The first-order chi connectivity index (χ1) is 20.4. The number of hydrogen-bond donors (Lipinski definition) is 2. The molecule has 8 nitrogen and oxygen atoms in total. The molecule has 1 saturated carbocycles. The predicted molar refractivity (Wildman–Crippen MR) is 154 cm³/mol. The van der Waals surface area contributed by atoms with Gasteiger partial charge in [-0.15, -0.1) is 5.10 Å². The van der Waals surface area contributed by atoms with Crippen molar-refractivity contribution in [3.63, 3.8) is 0 Å². The molecule has 0 aliphatic heterocycles. The van der Waals surface area contributed by atoms with Gasteiger partial charge in [-0.3, -0.25) is 4.98 Å². The summed E-state index contributed by atoms with van der Waals surface area (Å²) in [6, 6.07) is 21.9. The summed E-state index contributed by atoms with van der Waals surface area (Å²) >= 11 is 0. The maximum Gasteiger partial charge on any atom is 0.123 e. The number of benzene rings is 3. The molecule has 0 radical (unpaired) electrons. The van der Waals surface area contributed by atoms with Gasteiger partial charge in [0.15, 0.2) is 0 Å². The lowest BCUT2D eigenvalue weighted by atomic mass is 10.00. The van der Waals surface area contributed by atoms with Crippen LogP contribution in [0, 0.1) is 28.5 Å². The highest BCUT2D eigenvalue weighted by atomic mass is 19.1. The molecule has 3 aromatic carbocycles. The zero-order chi connectivity index (χ0) is 29.3. The van der Waals surface area contributed by atoms with Crippen LogP contribution in [-0.2, 0) is 0 Å². The summed E-state index contributed by atoms with van der Waals surface area (Å²) in [4.78, 5) is 4.46. The minimum Gasteiger partial charge on any atom is -0.377 e. The van der Waals surface area contributed by atoms with Crippen LogP contribution in [0.25, 0.3) is 10.9 Å². The Morgan fingerprint density at radius 2 is 1.78 bits per heavy atom. The summed E-state index contributed by atoms with van der Waals surface area (Å²) in [5, 5.41) is 36.0. The van der Waals surface area contributed by atoms with Crippen LogP contribution < -0.4 is 10.6 Å². The van der Waals surface area contributed by atoms with E-state index in [1.165, 1.54) is 30.5 Å². The predicted octanol–water partition coefficient (Wildman–Crippen LogP) is 6.81. The molecule has 0 amide bonds. The quantitative estimate of drug-likeness (QED) is 0.210. The number of hydrogen-bond acceptors (Lipinski definition) is 7. The topological polar surface area (TPSA) is 115 Å². The first-order valence-electron chi connectivity index (χ1n) is 14.0. The van der Waals surface area contributed by atoms with E-state index in [2.05, 4.69) is 45.0 Å². The fourth-order valence-corrected chi connectivity index (χ4v) is 4.94. The van der Waals surface area contributed by atoms with E-state index < -0.39 is 11.8 Å². The largest absolute Gasteiger partial charge is 0.377 e. The van der Waals surface area contributed by atoms with Gasteiger partial charge in [0.2, 0.25) is 0 Å². The van der Waals surface area contributed by atoms with Gasteiger partial charge in [0.05, 0.1) is 48.0 Å². The van der Waals surface area contributed by atoms with Gasteiger partial charge >= 0.3 is 0 Å². The molecular weight excluding hydrogens is 515 g/mol. The van der Waals surface area contributed by atoms with Crippen LogP contribution in [0.2, 0.25) is 0 Å². The number of anilines is 2. The van der Waals surface area contributed by atoms with E-state index in [4.69, 9.17) is 0 Å². The lowest BCUT2D eigenvalue weighted by molar-refractivity contribution is 0.610. The van der Waals surface area contributed by atoms with Crippen molar-refractivity contribution in [1.82, 2.24) is 20.0 Å². The Morgan fingerprint density at radius 3 is 2.46 bits per heavy atom. The van der Waals surface area contributed by atoms with Gasteiger partial charge in [-0.05, 0) is 54.7 Å². The lowest BCUT2D eigenvalue weighted by Crippen LogP contribution is -2.14. The Kier molecular flexibility index (Phi) is 6.68. The molecule has 5 aromatic rings. The zero-order valence-corrected chi connectivity index (χ0v) is 22.3. The molecule has 0 saturated heterocycles. The summed E-state index contributed by atoms with van der Waals surface area (Å²) in [5.74, 6) is -0.421. The Bertz CT molecular complexity index is 1840. The van der Waals surface area contributed by atoms with E-state index in [0.717, 1.165) is 24.8 Å². The highest BCUT2D eigenvalue weighted by Crippen LogP contribution is 2.37. The Morgan fingerprint density at radius 1 is 1.02 bits per heavy atom. The minimum absolute atomic E-state index is 0.0991. The van der Waals surface area contributed by atoms with Crippen molar-refractivity contribution in [2.24, 2.45) is 0 Å². The van der Waals surface area contributed by atoms with Gasteiger partial charge in [0.1, 0.15) is 23.6 Å². The van der Waals surface area contributed by atoms with Crippen LogP contribution in [0.3, 0.4) is 0 Å². The number of aromatic nitrogens is 4. The molecule has 6 rings (SSSR count). The summed E-state index contributed by atoms with van der Waals surface area (Å²) in [6.07, 6.45) is 5.96. The van der Waals surface area contributed by atoms with Crippen LogP contribution in [-0.4, -0.2) is 20.0 Å². The van der Waals surface area contributed by atoms with Crippen LogP contribution in [0.5, 0.6) is 0 Å². The smallest absolute Gasteiger partial charge is 0.123 e. The number of fused-ring (bicyclic) bond motifs is 1. The van der Waals surface area contributed by atoms with E-state index in [-0.39, 0.29) is 17.6 Å². The van der Waals surface area contributed by atoms with Crippen molar-refractivity contribution in [2.45, 2.75) is 44.3 Å². The fraction of sp³-hybridized carbons (Fsp3) is 0.219. The molecule has 2 atom stereocenters. The molecule has 2 N–H and O–H groups in total. The first-order valence-corrected chi connectivity index (χ1v) is 13.5. The summed E-state index contributed by atoms with van der Waals surface area (Å²) in [6.45, 7) is 2.06. The molecule has 2 aromatic heterocycles. The average Bonchev–Trinajstić information content (AvgIpc) is 3.75. The summed E-state index contributed by atoms with van der Waals surface area (Å²) < 4.78 is 25.2. The maximum atomic E-state index is 13.9. The standard InChI is InChI=1S/C32H27FN8/c1-2-28(20-6-4-3-5-7-20)38-31-23(17-35)18-36-30-22(16-34)14-25(15-27(30)31)37-32(21-8-10-24(33)11-9-21)29-19-41(40-39-29)26-12-13-26/h3-11,14-15,18-19,26,28,32,37H,2,12-13H2,1H3,(H,36,38)/t28-,32-/m1/s1/i32D. The van der Waals surface area contributed by atoms with Gasteiger partial charge in [0, 0.05) is 17.3 Å². The second-order valence-corrected chi connectivity index (χ2v) is 10.0. The number of halogens is 1. The van der Waals surface area contributed by atoms with E-state index >= 15 is 0 Å². The lowest BCUT2D eigenvalue weighted by Gasteiger charge is -2.22. The van der Waals surface area contributed by atoms with Gasteiger partial charge in [0.25, 0.3) is 0 Å². The van der Waals surface area contributed by atoms with Crippen molar-refractivity contribution in [2.75, 3.05) is 10.6 Å². The van der Waals surface area contributed by atoms with Gasteiger partial charge in [-0.2, -0.15) is 10.5 Å². The van der Waals surface area contributed by atoms with Crippen LogP contribution in [0.15, 0.2) is 79.1 Å². The van der Waals surface area contributed by atoms with Gasteiger partial charge in [-0.25, -0.2) is 9.07 Å². The normalized spacial score (nSPS) is 15.3. The monoisotopic (exact) mass is 543 g/mol. The van der Waals surface area contributed by atoms with E-state index in [1.807, 2.05) is 30.3 Å². The molecular formula is C32H27FN8. The van der Waals surface area contributed by atoms with E-state index in [9.17, 15) is 16.3 Å².